The van der Waals surface area contributed by atoms with Crippen LogP contribution < -0.4 is 10.5 Å². The molecule has 104 valence electrons. The molecule has 2 rings (SSSR count). The first-order valence-corrected chi connectivity index (χ1v) is 5.99. The van der Waals surface area contributed by atoms with Crippen molar-refractivity contribution in [3.63, 3.8) is 0 Å². The van der Waals surface area contributed by atoms with E-state index in [0.717, 1.165) is 0 Å². The lowest BCUT2D eigenvalue weighted by Crippen LogP contribution is -2.02. The summed E-state index contributed by atoms with van der Waals surface area (Å²) in [6, 6.07) is 3.92. The fraction of sp³-hybridized carbons (Fsp3) is 0.167. The maximum absolute atomic E-state index is 10.6. The SMILES string of the molecule is Cc1nc(N)c(C)c(Oc2ccc([N+](=O)[O-])cc2Cl)n1. The molecule has 0 saturated heterocycles. The van der Waals surface area contributed by atoms with Crippen LogP contribution >= 0.6 is 11.6 Å². The number of aromatic nitrogens is 2. The number of nitrogen functional groups attached to an aromatic ring is 1. The van der Waals surface area contributed by atoms with Crippen LogP contribution in [0, 0.1) is 24.0 Å². The van der Waals surface area contributed by atoms with E-state index in [4.69, 9.17) is 22.1 Å². The number of anilines is 1. The third kappa shape index (κ3) is 2.77. The minimum atomic E-state index is -0.534. The first kappa shape index (κ1) is 14.0. The van der Waals surface area contributed by atoms with Gasteiger partial charge in [-0.25, -0.2) is 4.98 Å². The molecule has 0 unspecified atom stereocenters. The van der Waals surface area contributed by atoms with Gasteiger partial charge in [-0.2, -0.15) is 4.98 Å². The summed E-state index contributed by atoms with van der Waals surface area (Å²) in [5, 5.41) is 10.8. The van der Waals surface area contributed by atoms with Gasteiger partial charge in [0.1, 0.15) is 17.4 Å². The predicted molar refractivity (Wildman–Crippen MR) is 74.1 cm³/mol. The van der Waals surface area contributed by atoms with E-state index < -0.39 is 4.92 Å². The summed E-state index contributed by atoms with van der Waals surface area (Å²) in [7, 11) is 0. The Kier molecular flexibility index (Phi) is 3.71. The molecule has 0 amide bonds. The lowest BCUT2D eigenvalue weighted by atomic mass is 10.3. The van der Waals surface area contributed by atoms with Crippen molar-refractivity contribution in [1.29, 1.82) is 0 Å². The highest BCUT2D eigenvalue weighted by Crippen LogP contribution is 2.33. The molecule has 1 aromatic heterocycles. The number of nitro benzene ring substituents is 1. The molecule has 0 saturated carbocycles. The molecule has 20 heavy (non-hydrogen) atoms. The fourth-order valence-electron chi connectivity index (χ4n) is 1.51. The monoisotopic (exact) mass is 294 g/mol. The minimum absolute atomic E-state index is 0.113. The number of ether oxygens (including phenoxy) is 1. The van der Waals surface area contributed by atoms with Crippen LogP contribution in [0.3, 0.4) is 0 Å². The van der Waals surface area contributed by atoms with E-state index in [0.29, 0.717) is 17.2 Å². The number of halogens is 1. The fourth-order valence-corrected chi connectivity index (χ4v) is 1.73. The number of nitrogens with zero attached hydrogens (tertiary/aromatic N) is 3. The largest absolute Gasteiger partial charge is 0.437 e. The summed E-state index contributed by atoms with van der Waals surface area (Å²) in [6.45, 7) is 3.39. The molecule has 0 fully saturated rings. The van der Waals surface area contributed by atoms with Crippen LogP contribution in [-0.2, 0) is 0 Å². The smallest absolute Gasteiger partial charge is 0.271 e. The van der Waals surface area contributed by atoms with E-state index in [-0.39, 0.29) is 22.3 Å². The van der Waals surface area contributed by atoms with Crippen LogP contribution in [0.4, 0.5) is 11.5 Å². The Balaban J connectivity index is 2.38. The molecule has 1 heterocycles. The standard InChI is InChI=1S/C12H11ClN4O3/c1-6-11(14)15-7(2)16-12(6)20-10-4-3-8(17(18)19)5-9(10)13/h3-5H,1-2H3,(H2,14,15,16). The van der Waals surface area contributed by atoms with Crippen LogP contribution in [0.2, 0.25) is 5.02 Å². The van der Waals surface area contributed by atoms with E-state index in [9.17, 15) is 10.1 Å². The lowest BCUT2D eigenvalue weighted by Gasteiger charge is -2.10. The molecule has 2 N–H and O–H groups in total. The van der Waals surface area contributed by atoms with Gasteiger partial charge < -0.3 is 10.5 Å². The van der Waals surface area contributed by atoms with E-state index in [1.54, 1.807) is 13.8 Å². The van der Waals surface area contributed by atoms with Gasteiger partial charge in [-0.05, 0) is 19.9 Å². The molecule has 0 radical (unpaired) electrons. The molecule has 0 spiro atoms. The number of nitrogens with two attached hydrogens (primary N) is 1. The Morgan fingerprint density at radius 1 is 1.35 bits per heavy atom. The molecule has 2 aromatic rings. The second kappa shape index (κ2) is 5.30. The normalized spacial score (nSPS) is 10.3. The summed E-state index contributed by atoms with van der Waals surface area (Å²) in [6.07, 6.45) is 0. The van der Waals surface area contributed by atoms with Crippen molar-refractivity contribution in [2.24, 2.45) is 0 Å². The summed E-state index contributed by atoms with van der Waals surface area (Å²) >= 11 is 5.95. The Morgan fingerprint density at radius 3 is 2.65 bits per heavy atom. The Hall–Kier alpha value is -2.41. The van der Waals surface area contributed by atoms with E-state index in [2.05, 4.69) is 9.97 Å². The van der Waals surface area contributed by atoms with Gasteiger partial charge in [0.15, 0.2) is 0 Å². The average molecular weight is 295 g/mol. The van der Waals surface area contributed by atoms with Gasteiger partial charge in [0, 0.05) is 12.1 Å². The average Bonchev–Trinajstić information content (AvgIpc) is 2.37. The van der Waals surface area contributed by atoms with Crippen LogP contribution in [0.1, 0.15) is 11.4 Å². The van der Waals surface area contributed by atoms with Gasteiger partial charge in [-0.3, -0.25) is 10.1 Å². The molecule has 0 aliphatic carbocycles. The van der Waals surface area contributed by atoms with Crippen LogP contribution in [0.15, 0.2) is 18.2 Å². The van der Waals surface area contributed by atoms with E-state index in [1.807, 2.05) is 0 Å². The van der Waals surface area contributed by atoms with Crippen molar-refractivity contribution in [1.82, 2.24) is 9.97 Å². The van der Waals surface area contributed by atoms with E-state index >= 15 is 0 Å². The third-order valence-corrected chi connectivity index (χ3v) is 2.88. The summed E-state index contributed by atoms with van der Waals surface area (Å²) in [5.74, 6) is 1.30. The number of hydrogen-bond acceptors (Lipinski definition) is 6. The quantitative estimate of drug-likeness (QED) is 0.689. The minimum Gasteiger partial charge on any atom is -0.437 e. The zero-order valence-corrected chi connectivity index (χ0v) is 11.5. The Labute approximate surface area is 119 Å². The lowest BCUT2D eigenvalue weighted by molar-refractivity contribution is -0.384. The molecule has 0 bridgehead atoms. The highest BCUT2D eigenvalue weighted by Gasteiger charge is 2.14. The number of rotatable bonds is 3. The summed E-state index contributed by atoms with van der Waals surface area (Å²) < 4.78 is 5.55. The van der Waals surface area contributed by atoms with Crippen LogP contribution in [0.5, 0.6) is 11.6 Å². The van der Waals surface area contributed by atoms with Gasteiger partial charge in [-0.1, -0.05) is 11.6 Å². The highest BCUT2D eigenvalue weighted by molar-refractivity contribution is 6.32. The molecule has 0 aliphatic rings. The third-order valence-electron chi connectivity index (χ3n) is 2.58. The van der Waals surface area contributed by atoms with Gasteiger partial charge >= 0.3 is 0 Å². The molecule has 1 aromatic carbocycles. The Bertz CT molecular complexity index is 691. The van der Waals surface area contributed by atoms with Gasteiger partial charge in [0.2, 0.25) is 5.88 Å². The van der Waals surface area contributed by atoms with Crippen molar-refractivity contribution >= 4 is 23.1 Å². The van der Waals surface area contributed by atoms with Crippen molar-refractivity contribution < 1.29 is 9.66 Å². The zero-order chi connectivity index (χ0) is 14.9. The highest BCUT2D eigenvalue weighted by atomic mass is 35.5. The van der Waals surface area contributed by atoms with Gasteiger partial charge in [0.25, 0.3) is 5.69 Å². The van der Waals surface area contributed by atoms with Crippen molar-refractivity contribution in [2.45, 2.75) is 13.8 Å². The second-order valence-corrected chi connectivity index (χ2v) is 4.47. The Morgan fingerprint density at radius 2 is 2.05 bits per heavy atom. The second-order valence-electron chi connectivity index (χ2n) is 4.06. The van der Waals surface area contributed by atoms with Crippen molar-refractivity contribution in [2.75, 3.05) is 5.73 Å². The molecule has 8 heteroatoms. The number of aryl methyl sites for hydroxylation is 1. The summed E-state index contributed by atoms with van der Waals surface area (Å²) in [5.41, 5.74) is 6.18. The first-order chi connectivity index (χ1) is 9.38. The van der Waals surface area contributed by atoms with Gasteiger partial charge in [0.05, 0.1) is 15.5 Å². The summed E-state index contributed by atoms with van der Waals surface area (Å²) in [4.78, 5) is 18.2. The van der Waals surface area contributed by atoms with Crippen LogP contribution in [-0.4, -0.2) is 14.9 Å². The van der Waals surface area contributed by atoms with E-state index in [1.165, 1.54) is 18.2 Å². The molecule has 0 aliphatic heterocycles. The first-order valence-electron chi connectivity index (χ1n) is 5.61. The molecule has 0 atom stereocenters. The maximum atomic E-state index is 10.6. The zero-order valence-electron chi connectivity index (χ0n) is 10.8. The molecular weight excluding hydrogens is 284 g/mol. The van der Waals surface area contributed by atoms with Crippen molar-refractivity contribution in [3.8, 4) is 11.6 Å². The van der Waals surface area contributed by atoms with Crippen LogP contribution in [0.25, 0.3) is 0 Å². The topological polar surface area (TPSA) is 104 Å². The van der Waals surface area contributed by atoms with Crippen molar-refractivity contribution in [3.05, 3.63) is 44.7 Å². The number of benzene rings is 1. The number of non-ortho nitro benzene ring substituents is 1. The molecular formula is C12H11ClN4O3. The molecule has 7 nitrogen and oxygen atoms in total. The number of nitro groups is 1. The predicted octanol–water partition coefficient (Wildman–Crippen LogP) is 3.03. The maximum Gasteiger partial charge on any atom is 0.271 e. The van der Waals surface area contributed by atoms with Gasteiger partial charge in [-0.15, -0.1) is 0 Å². The number of hydrogen-bond donors (Lipinski definition) is 1.